The number of hydrogen-bond donors (Lipinski definition) is 2. The van der Waals surface area contributed by atoms with Gasteiger partial charge in [-0.05, 0) is 38.5 Å². The van der Waals surface area contributed by atoms with Crippen LogP contribution >= 0.6 is 0 Å². The second-order valence-corrected chi connectivity index (χ2v) is 6.36. The summed E-state index contributed by atoms with van der Waals surface area (Å²) in [6, 6.07) is 0.736. The quantitative estimate of drug-likeness (QED) is 0.742. The number of aliphatic carboxylic acids is 1. The van der Waals surface area contributed by atoms with Crippen molar-refractivity contribution < 1.29 is 14.6 Å². The van der Waals surface area contributed by atoms with E-state index in [0.717, 1.165) is 32.2 Å². The van der Waals surface area contributed by atoms with E-state index in [9.17, 15) is 9.90 Å². The number of carbonyl (C=O) groups is 1. The number of carboxylic acid groups (broad SMARTS) is 1. The predicted molar refractivity (Wildman–Crippen MR) is 71.1 cm³/mol. The van der Waals surface area contributed by atoms with Crippen LogP contribution < -0.4 is 5.32 Å². The molecule has 2 unspecified atom stereocenters. The van der Waals surface area contributed by atoms with E-state index >= 15 is 0 Å². The lowest BCUT2D eigenvalue weighted by atomic mass is 9.91. The summed E-state index contributed by atoms with van der Waals surface area (Å²) >= 11 is 0. The first kappa shape index (κ1) is 13.3. The molecule has 2 N–H and O–H groups in total. The maximum absolute atomic E-state index is 11.9. The van der Waals surface area contributed by atoms with Gasteiger partial charge in [0.15, 0.2) is 0 Å². The van der Waals surface area contributed by atoms with Crippen LogP contribution in [0.15, 0.2) is 0 Å². The fourth-order valence-corrected chi connectivity index (χ4v) is 3.08. The summed E-state index contributed by atoms with van der Waals surface area (Å²) in [6.07, 6.45) is 4.34. The summed E-state index contributed by atoms with van der Waals surface area (Å²) in [7, 11) is 0. The number of nitrogens with one attached hydrogen (secondary N) is 1. The van der Waals surface area contributed by atoms with Gasteiger partial charge in [0.25, 0.3) is 0 Å². The average Bonchev–Trinajstić information content (AvgIpc) is 3.25. The molecule has 1 heterocycles. The number of hydrogen-bond acceptors (Lipinski definition) is 4. The Labute approximate surface area is 114 Å². The molecule has 19 heavy (non-hydrogen) atoms. The van der Waals surface area contributed by atoms with Gasteiger partial charge in [-0.25, -0.2) is 0 Å². The van der Waals surface area contributed by atoms with Gasteiger partial charge in [-0.15, -0.1) is 0 Å². The average molecular weight is 268 g/mol. The monoisotopic (exact) mass is 268 g/mol. The first-order chi connectivity index (χ1) is 9.12. The van der Waals surface area contributed by atoms with Gasteiger partial charge in [0.05, 0.1) is 13.2 Å². The Morgan fingerprint density at radius 3 is 2.68 bits per heavy atom. The minimum absolute atomic E-state index is 0.306. The molecule has 0 aromatic heterocycles. The van der Waals surface area contributed by atoms with Crippen LogP contribution in [0.3, 0.4) is 0 Å². The maximum atomic E-state index is 11.9. The van der Waals surface area contributed by atoms with E-state index in [2.05, 4.69) is 17.1 Å². The SMILES string of the molecule is CC1COCCN1CC(NC1CC1)(C(=O)O)C1CC1. The van der Waals surface area contributed by atoms with Crippen molar-refractivity contribution in [2.45, 2.75) is 50.2 Å². The van der Waals surface area contributed by atoms with Crippen molar-refractivity contribution in [3.05, 3.63) is 0 Å². The van der Waals surface area contributed by atoms with Crippen molar-refractivity contribution in [2.24, 2.45) is 5.92 Å². The summed E-state index contributed by atoms with van der Waals surface area (Å²) in [5.41, 5.74) is -0.729. The van der Waals surface area contributed by atoms with E-state index in [0.29, 0.717) is 37.8 Å². The zero-order valence-electron chi connectivity index (χ0n) is 11.6. The van der Waals surface area contributed by atoms with E-state index < -0.39 is 11.5 Å². The molecule has 3 aliphatic rings. The number of ether oxygens (including phenoxy) is 1. The van der Waals surface area contributed by atoms with Crippen LogP contribution in [-0.4, -0.2) is 59.9 Å². The molecule has 0 aromatic carbocycles. The third-order valence-electron chi connectivity index (χ3n) is 4.65. The largest absolute Gasteiger partial charge is 0.480 e. The number of morpholine rings is 1. The van der Waals surface area contributed by atoms with Gasteiger partial charge < -0.3 is 9.84 Å². The van der Waals surface area contributed by atoms with E-state index in [1.54, 1.807) is 0 Å². The molecule has 5 nitrogen and oxygen atoms in total. The Kier molecular flexibility index (Phi) is 3.53. The van der Waals surface area contributed by atoms with Crippen molar-refractivity contribution in [3.63, 3.8) is 0 Å². The second kappa shape index (κ2) is 5.04. The summed E-state index contributed by atoms with van der Waals surface area (Å²) in [4.78, 5) is 14.2. The lowest BCUT2D eigenvalue weighted by molar-refractivity contribution is -0.148. The van der Waals surface area contributed by atoms with Gasteiger partial charge in [-0.2, -0.15) is 0 Å². The Balaban J connectivity index is 1.74. The maximum Gasteiger partial charge on any atom is 0.325 e. The summed E-state index contributed by atoms with van der Waals surface area (Å²) in [5, 5.41) is 13.3. The van der Waals surface area contributed by atoms with Gasteiger partial charge in [0.2, 0.25) is 0 Å². The van der Waals surface area contributed by atoms with Crippen molar-refractivity contribution in [1.82, 2.24) is 10.2 Å². The molecule has 1 saturated heterocycles. The van der Waals surface area contributed by atoms with Gasteiger partial charge in [-0.1, -0.05) is 0 Å². The highest BCUT2D eigenvalue weighted by Gasteiger charge is 2.54. The topological polar surface area (TPSA) is 61.8 Å². The van der Waals surface area contributed by atoms with E-state index in [4.69, 9.17) is 4.74 Å². The molecule has 0 spiro atoms. The molecule has 2 atom stereocenters. The zero-order valence-corrected chi connectivity index (χ0v) is 11.6. The van der Waals surface area contributed by atoms with Crippen LogP contribution in [0, 0.1) is 5.92 Å². The summed E-state index contributed by atoms with van der Waals surface area (Å²) < 4.78 is 5.45. The predicted octanol–water partition coefficient (Wildman–Crippen LogP) is 0.693. The molecular formula is C14H24N2O3. The van der Waals surface area contributed by atoms with Crippen LogP contribution in [0.25, 0.3) is 0 Å². The molecule has 2 aliphatic carbocycles. The van der Waals surface area contributed by atoms with Crippen LogP contribution in [0.4, 0.5) is 0 Å². The third-order valence-corrected chi connectivity index (χ3v) is 4.65. The first-order valence-corrected chi connectivity index (χ1v) is 7.45. The van der Waals surface area contributed by atoms with E-state index in [1.165, 1.54) is 0 Å². The molecule has 1 aliphatic heterocycles. The van der Waals surface area contributed by atoms with Gasteiger partial charge >= 0.3 is 5.97 Å². The molecule has 0 radical (unpaired) electrons. The summed E-state index contributed by atoms with van der Waals surface area (Å²) in [5.74, 6) is -0.360. The van der Waals surface area contributed by atoms with Crippen LogP contribution in [0.1, 0.15) is 32.6 Å². The highest BCUT2D eigenvalue weighted by Crippen LogP contribution is 2.42. The number of nitrogens with zero attached hydrogens (tertiary/aromatic N) is 1. The minimum atomic E-state index is -0.729. The van der Waals surface area contributed by atoms with Crippen LogP contribution in [-0.2, 0) is 9.53 Å². The minimum Gasteiger partial charge on any atom is -0.480 e. The number of rotatable bonds is 6. The lowest BCUT2D eigenvalue weighted by Crippen LogP contribution is -2.63. The smallest absolute Gasteiger partial charge is 0.325 e. The van der Waals surface area contributed by atoms with Crippen LogP contribution in [0.5, 0.6) is 0 Å². The third kappa shape index (κ3) is 2.78. The highest BCUT2D eigenvalue weighted by atomic mass is 16.5. The Morgan fingerprint density at radius 1 is 1.42 bits per heavy atom. The van der Waals surface area contributed by atoms with Crippen molar-refractivity contribution in [2.75, 3.05) is 26.3 Å². The van der Waals surface area contributed by atoms with Gasteiger partial charge in [0, 0.05) is 25.2 Å². The zero-order chi connectivity index (χ0) is 13.5. The molecule has 3 rings (SSSR count). The lowest BCUT2D eigenvalue weighted by Gasteiger charge is -2.41. The highest BCUT2D eigenvalue weighted by molar-refractivity contribution is 5.80. The molecule has 5 heteroatoms. The molecule has 108 valence electrons. The Bertz CT molecular complexity index is 355. The van der Waals surface area contributed by atoms with Crippen molar-refractivity contribution in [3.8, 4) is 0 Å². The molecule has 0 amide bonds. The first-order valence-electron chi connectivity index (χ1n) is 7.45. The fraction of sp³-hybridized carbons (Fsp3) is 0.929. The van der Waals surface area contributed by atoms with Gasteiger partial charge in [0.1, 0.15) is 5.54 Å². The Hall–Kier alpha value is -0.650. The molecule has 2 saturated carbocycles. The summed E-state index contributed by atoms with van der Waals surface area (Å²) in [6.45, 7) is 5.01. The Morgan fingerprint density at radius 2 is 2.16 bits per heavy atom. The molecule has 3 fully saturated rings. The van der Waals surface area contributed by atoms with Crippen molar-refractivity contribution >= 4 is 5.97 Å². The molecule has 0 aromatic rings. The number of carboxylic acids is 1. The van der Waals surface area contributed by atoms with Crippen molar-refractivity contribution in [1.29, 1.82) is 0 Å². The standard InChI is InChI=1S/C14H24N2O3/c1-10-8-19-7-6-16(10)9-14(13(17)18,11-2-3-11)15-12-4-5-12/h10-12,15H,2-9H2,1H3,(H,17,18). The molecule has 0 bridgehead atoms. The fourth-order valence-electron chi connectivity index (χ4n) is 3.08. The molecular weight excluding hydrogens is 244 g/mol. The van der Waals surface area contributed by atoms with E-state index in [-0.39, 0.29) is 0 Å². The van der Waals surface area contributed by atoms with Crippen LogP contribution in [0.2, 0.25) is 0 Å². The van der Waals surface area contributed by atoms with Gasteiger partial charge in [-0.3, -0.25) is 15.0 Å². The normalized spacial score (nSPS) is 31.9. The second-order valence-electron chi connectivity index (χ2n) is 6.36. The van der Waals surface area contributed by atoms with E-state index in [1.807, 2.05) is 0 Å².